The zero-order valence-electron chi connectivity index (χ0n) is 12.8. The number of amides is 1. The van der Waals surface area contributed by atoms with Gasteiger partial charge in [-0.25, -0.2) is 4.98 Å². The minimum atomic E-state index is -4.50. The lowest BCUT2D eigenvalue weighted by molar-refractivity contribution is -0.137. The highest BCUT2D eigenvalue weighted by atomic mass is 19.4. The molecule has 0 saturated carbocycles. The molecule has 1 aliphatic heterocycles. The lowest BCUT2D eigenvalue weighted by Gasteiger charge is -2.27. The van der Waals surface area contributed by atoms with Crippen molar-refractivity contribution in [3.05, 3.63) is 59.8 Å². The zero-order chi connectivity index (χ0) is 17.2. The number of anilines is 1. The van der Waals surface area contributed by atoms with Crippen LogP contribution in [0.15, 0.2) is 48.7 Å². The van der Waals surface area contributed by atoms with E-state index in [4.69, 9.17) is 0 Å². The average Bonchev–Trinajstić information content (AvgIpc) is 3.02. The van der Waals surface area contributed by atoms with E-state index in [1.165, 1.54) is 12.3 Å². The Morgan fingerprint density at radius 2 is 1.92 bits per heavy atom. The summed E-state index contributed by atoms with van der Waals surface area (Å²) in [7, 11) is 0. The molecule has 4 nitrogen and oxygen atoms in total. The highest BCUT2D eigenvalue weighted by Gasteiger charge is 2.36. The van der Waals surface area contributed by atoms with Crippen LogP contribution in [0.1, 0.15) is 28.8 Å². The largest absolute Gasteiger partial charge is 0.419 e. The van der Waals surface area contributed by atoms with Gasteiger partial charge in [-0.2, -0.15) is 13.2 Å². The summed E-state index contributed by atoms with van der Waals surface area (Å²) >= 11 is 0. The number of halogens is 3. The molecular formula is C17H16F3N3O. The van der Waals surface area contributed by atoms with E-state index in [0.29, 0.717) is 18.5 Å². The smallest absolute Gasteiger partial charge is 0.349 e. The number of benzene rings is 1. The molecule has 7 heteroatoms. The quantitative estimate of drug-likeness (QED) is 0.929. The van der Waals surface area contributed by atoms with Gasteiger partial charge in [-0.05, 0) is 37.1 Å². The number of alkyl halides is 3. The number of carbonyl (C=O) groups is 1. The monoisotopic (exact) mass is 335 g/mol. The predicted octanol–water partition coefficient (Wildman–Crippen LogP) is 3.77. The molecule has 0 radical (unpaired) electrons. The van der Waals surface area contributed by atoms with E-state index >= 15 is 0 Å². The van der Waals surface area contributed by atoms with Gasteiger partial charge in [-0.1, -0.05) is 18.2 Å². The van der Waals surface area contributed by atoms with Crippen LogP contribution in [0.3, 0.4) is 0 Å². The summed E-state index contributed by atoms with van der Waals surface area (Å²) in [4.78, 5) is 17.9. The Morgan fingerprint density at radius 3 is 2.62 bits per heavy atom. The molecule has 0 aliphatic carbocycles. The Labute approximate surface area is 137 Å². The van der Waals surface area contributed by atoms with Crippen LogP contribution in [-0.2, 0) is 6.18 Å². The van der Waals surface area contributed by atoms with Crippen molar-refractivity contribution in [2.24, 2.45) is 0 Å². The molecule has 1 atom stereocenters. The van der Waals surface area contributed by atoms with E-state index in [0.717, 1.165) is 12.5 Å². The van der Waals surface area contributed by atoms with Crippen molar-refractivity contribution in [3.8, 4) is 0 Å². The summed E-state index contributed by atoms with van der Waals surface area (Å²) in [6.07, 6.45) is -2.40. The van der Waals surface area contributed by atoms with Gasteiger partial charge in [0, 0.05) is 18.3 Å². The molecule has 1 aromatic carbocycles. The number of aromatic nitrogens is 1. The molecule has 1 aliphatic rings. The molecule has 1 saturated heterocycles. The Balaban J connectivity index is 1.82. The van der Waals surface area contributed by atoms with Crippen molar-refractivity contribution < 1.29 is 18.0 Å². The van der Waals surface area contributed by atoms with Crippen LogP contribution in [0.2, 0.25) is 0 Å². The lowest BCUT2D eigenvalue weighted by Crippen LogP contribution is -2.40. The van der Waals surface area contributed by atoms with Gasteiger partial charge < -0.3 is 10.2 Å². The summed E-state index contributed by atoms with van der Waals surface area (Å²) in [5, 5.41) is 2.79. The maximum Gasteiger partial charge on any atom is 0.419 e. The molecule has 3 rings (SSSR count). The third-order valence-corrected chi connectivity index (χ3v) is 3.95. The van der Waals surface area contributed by atoms with Crippen LogP contribution in [-0.4, -0.2) is 28.5 Å². The summed E-state index contributed by atoms with van der Waals surface area (Å²) in [6, 6.07) is 10.9. The predicted molar refractivity (Wildman–Crippen MR) is 83.4 cm³/mol. The first kappa shape index (κ1) is 16.3. The number of carbonyl (C=O) groups excluding carboxylic acids is 1. The fourth-order valence-electron chi connectivity index (χ4n) is 2.81. The summed E-state index contributed by atoms with van der Waals surface area (Å²) in [6.45, 7) is 0.500. The minimum Gasteiger partial charge on any atom is -0.349 e. The van der Waals surface area contributed by atoms with E-state index in [9.17, 15) is 18.0 Å². The number of hydrogen-bond acceptors (Lipinski definition) is 3. The van der Waals surface area contributed by atoms with Gasteiger partial charge in [0.15, 0.2) is 0 Å². The standard InChI is InChI=1S/C17H16F3N3O/c18-17(19,20)13-8-4-10-21-15(13)22-14-9-5-11-23(14)16(24)12-6-2-1-3-7-12/h1-4,6-8,10,14H,5,9,11H2,(H,21,22). The van der Waals surface area contributed by atoms with Crippen molar-refractivity contribution in [3.63, 3.8) is 0 Å². The Morgan fingerprint density at radius 1 is 1.17 bits per heavy atom. The van der Waals surface area contributed by atoms with Crippen LogP contribution >= 0.6 is 0 Å². The van der Waals surface area contributed by atoms with Gasteiger partial charge in [-0.15, -0.1) is 0 Å². The molecule has 0 spiro atoms. The fourth-order valence-corrected chi connectivity index (χ4v) is 2.81. The molecule has 24 heavy (non-hydrogen) atoms. The van der Waals surface area contributed by atoms with Crippen molar-refractivity contribution in [1.29, 1.82) is 0 Å². The van der Waals surface area contributed by atoms with Gasteiger partial charge in [0.25, 0.3) is 5.91 Å². The maximum atomic E-state index is 13.1. The first-order valence-corrected chi connectivity index (χ1v) is 7.61. The van der Waals surface area contributed by atoms with Crippen LogP contribution < -0.4 is 5.32 Å². The molecule has 126 valence electrons. The molecule has 1 N–H and O–H groups in total. The Kier molecular flexibility index (Phi) is 4.42. The molecule has 1 fully saturated rings. The number of nitrogens with zero attached hydrogens (tertiary/aromatic N) is 2. The minimum absolute atomic E-state index is 0.199. The number of nitrogens with one attached hydrogen (secondary N) is 1. The molecule has 1 aromatic heterocycles. The number of pyridine rings is 1. The first-order valence-electron chi connectivity index (χ1n) is 7.61. The Bertz CT molecular complexity index is 719. The first-order chi connectivity index (χ1) is 11.5. The van der Waals surface area contributed by atoms with Gasteiger partial charge >= 0.3 is 6.18 Å². The molecular weight excluding hydrogens is 319 g/mol. The van der Waals surface area contributed by atoms with Crippen molar-refractivity contribution in [2.75, 3.05) is 11.9 Å². The van der Waals surface area contributed by atoms with E-state index in [1.54, 1.807) is 35.2 Å². The Hall–Kier alpha value is -2.57. The summed E-state index contributed by atoms with van der Waals surface area (Å²) in [5.41, 5.74) is -0.313. The second-order valence-corrected chi connectivity index (χ2v) is 5.56. The molecule has 2 heterocycles. The number of likely N-dealkylation sites (tertiary alicyclic amines) is 1. The summed E-state index contributed by atoms with van der Waals surface area (Å²) < 4.78 is 39.2. The van der Waals surface area contributed by atoms with Crippen molar-refractivity contribution >= 4 is 11.7 Å². The molecule has 2 aromatic rings. The van der Waals surface area contributed by atoms with Gasteiger partial charge in [-0.3, -0.25) is 4.79 Å². The van der Waals surface area contributed by atoms with Crippen molar-refractivity contribution in [1.82, 2.24) is 9.88 Å². The van der Waals surface area contributed by atoms with Crippen LogP contribution in [0.4, 0.5) is 19.0 Å². The third-order valence-electron chi connectivity index (χ3n) is 3.95. The van der Waals surface area contributed by atoms with Gasteiger partial charge in [0.1, 0.15) is 12.0 Å². The van der Waals surface area contributed by atoms with E-state index in [2.05, 4.69) is 10.3 Å². The lowest BCUT2D eigenvalue weighted by atomic mass is 10.2. The highest BCUT2D eigenvalue weighted by Crippen LogP contribution is 2.34. The van der Waals surface area contributed by atoms with E-state index < -0.39 is 17.9 Å². The average molecular weight is 335 g/mol. The normalized spacial score (nSPS) is 17.8. The third kappa shape index (κ3) is 3.34. The van der Waals surface area contributed by atoms with Gasteiger partial charge in [0.2, 0.25) is 0 Å². The number of rotatable bonds is 3. The van der Waals surface area contributed by atoms with Crippen LogP contribution in [0.25, 0.3) is 0 Å². The van der Waals surface area contributed by atoms with E-state index in [1.807, 2.05) is 0 Å². The fraction of sp³-hybridized carbons (Fsp3) is 0.294. The SMILES string of the molecule is O=C(c1ccccc1)N1CCCC1Nc1ncccc1C(F)(F)F. The summed E-state index contributed by atoms with van der Waals surface area (Å²) in [5.74, 6) is -0.446. The second kappa shape index (κ2) is 6.51. The van der Waals surface area contributed by atoms with Gasteiger partial charge in [0.05, 0.1) is 5.56 Å². The molecule has 0 bridgehead atoms. The van der Waals surface area contributed by atoms with Crippen LogP contribution in [0, 0.1) is 0 Å². The molecule has 1 amide bonds. The second-order valence-electron chi connectivity index (χ2n) is 5.56. The number of hydrogen-bond donors (Lipinski definition) is 1. The van der Waals surface area contributed by atoms with Crippen LogP contribution in [0.5, 0.6) is 0 Å². The van der Waals surface area contributed by atoms with Crippen molar-refractivity contribution in [2.45, 2.75) is 25.2 Å². The topological polar surface area (TPSA) is 45.2 Å². The zero-order valence-corrected chi connectivity index (χ0v) is 12.8. The van der Waals surface area contributed by atoms with E-state index in [-0.39, 0.29) is 11.7 Å². The highest BCUT2D eigenvalue weighted by molar-refractivity contribution is 5.94. The maximum absolute atomic E-state index is 13.1. The molecule has 1 unspecified atom stereocenters.